The molecule has 1 aromatic carbocycles. The van der Waals surface area contributed by atoms with Crippen LogP contribution in [0.1, 0.15) is 56.6 Å². The number of rotatable bonds is 1. The van der Waals surface area contributed by atoms with Gasteiger partial charge in [0.15, 0.2) is 0 Å². The van der Waals surface area contributed by atoms with Crippen molar-refractivity contribution >= 4 is 0 Å². The minimum atomic E-state index is 0.544. The standard InChI is InChI=1S/C15H21N.C7H10/c1-2-16-11-9-15(10-12-16)8-7-13-5-3-4-6-14(13)15;1-2-7-4-3-6(1)5-7/h3-6H,2,7-12H2,1H3;1-2,6-7H,3-5H2/t;6-,7?/m.0/s1. The molecule has 124 valence electrons. The molecule has 0 amide bonds. The molecule has 23 heavy (non-hydrogen) atoms. The Hall–Kier alpha value is -1.08. The maximum Gasteiger partial charge on any atom is -0.00103 e. The third kappa shape index (κ3) is 3.01. The molecule has 1 saturated carbocycles. The Morgan fingerprint density at radius 3 is 2.26 bits per heavy atom. The lowest BCUT2D eigenvalue weighted by Gasteiger charge is -2.39. The van der Waals surface area contributed by atoms with E-state index in [0.29, 0.717) is 5.41 Å². The molecule has 1 spiro atoms. The van der Waals surface area contributed by atoms with Crippen molar-refractivity contribution in [2.45, 2.75) is 57.3 Å². The predicted octanol–water partition coefficient (Wildman–Crippen LogP) is 4.96. The van der Waals surface area contributed by atoms with Gasteiger partial charge in [0.1, 0.15) is 0 Å². The number of piperidine rings is 1. The van der Waals surface area contributed by atoms with Gasteiger partial charge in [-0.1, -0.05) is 43.3 Å². The quantitative estimate of drug-likeness (QED) is 0.663. The fourth-order valence-corrected chi connectivity index (χ4v) is 5.30. The number of allylic oxidation sites excluding steroid dienone is 2. The lowest BCUT2D eigenvalue weighted by Crippen LogP contribution is -2.41. The summed E-state index contributed by atoms with van der Waals surface area (Å²) in [6, 6.07) is 9.12. The summed E-state index contributed by atoms with van der Waals surface area (Å²) in [5.74, 6) is 1.98. The lowest BCUT2D eigenvalue weighted by molar-refractivity contribution is 0.165. The van der Waals surface area contributed by atoms with Crippen LogP contribution in [0.2, 0.25) is 0 Å². The second-order valence-corrected chi connectivity index (χ2v) is 8.09. The second kappa shape index (κ2) is 6.43. The maximum atomic E-state index is 2.59. The number of hydrogen-bond donors (Lipinski definition) is 0. The minimum Gasteiger partial charge on any atom is -0.304 e. The first-order chi connectivity index (χ1) is 11.3. The van der Waals surface area contributed by atoms with E-state index >= 15 is 0 Å². The Labute approximate surface area is 141 Å². The van der Waals surface area contributed by atoms with Gasteiger partial charge in [-0.3, -0.25) is 0 Å². The van der Waals surface area contributed by atoms with Crippen LogP contribution in [0.15, 0.2) is 36.4 Å². The predicted molar refractivity (Wildman–Crippen MR) is 97.8 cm³/mol. The normalized spacial score (nSPS) is 30.3. The zero-order valence-corrected chi connectivity index (χ0v) is 14.6. The van der Waals surface area contributed by atoms with Crippen LogP contribution in [0, 0.1) is 11.8 Å². The maximum absolute atomic E-state index is 2.59. The van der Waals surface area contributed by atoms with Crippen molar-refractivity contribution in [1.82, 2.24) is 4.90 Å². The van der Waals surface area contributed by atoms with Gasteiger partial charge in [0, 0.05) is 0 Å². The van der Waals surface area contributed by atoms with Crippen LogP contribution in [0.4, 0.5) is 0 Å². The molecule has 3 aliphatic carbocycles. The molecule has 0 aromatic heterocycles. The highest BCUT2D eigenvalue weighted by Gasteiger charge is 2.40. The third-order valence-corrected chi connectivity index (χ3v) is 6.89. The van der Waals surface area contributed by atoms with Gasteiger partial charge in [0.2, 0.25) is 0 Å². The van der Waals surface area contributed by atoms with Gasteiger partial charge in [0.05, 0.1) is 0 Å². The third-order valence-electron chi connectivity index (χ3n) is 6.89. The van der Waals surface area contributed by atoms with E-state index in [9.17, 15) is 0 Å². The Morgan fingerprint density at radius 2 is 1.70 bits per heavy atom. The molecule has 1 unspecified atom stereocenters. The monoisotopic (exact) mass is 309 g/mol. The van der Waals surface area contributed by atoms with Gasteiger partial charge in [0.25, 0.3) is 0 Å². The molecule has 2 atom stereocenters. The molecule has 1 nitrogen and oxygen atoms in total. The van der Waals surface area contributed by atoms with Crippen LogP contribution >= 0.6 is 0 Å². The van der Waals surface area contributed by atoms with Gasteiger partial charge >= 0.3 is 0 Å². The first-order valence-electron chi connectivity index (χ1n) is 9.78. The zero-order valence-electron chi connectivity index (χ0n) is 14.6. The van der Waals surface area contributed by atoms with Crippen molar-refractivity contribution in [3.8, 4) is 0 Å². The van der Waals surface area contributed by atoms with Crippen molar-refractivity contribution in [3.05, 3.63) is 47.5 Å². The van der Waals surface area contributed by atoms with Crippen LogP contribution < -0.4 is 0 Å². The van der Waals surface area contributed by atoms with E-state index in [0.717, 1.165) is 11.8 Å². The summed E-state index contributed by atoms with van der Waals surface area (Å²) in [6.07, 6.45) is 14.6. The van der Waals surface area contributed by atoms with Gasteiger partial charge in [-0.2, -0.15) is 0 Å². The van der Waals surface area contributed by atoms with Crippen LogP contribution in [0.3, 0.4) is 0 Å². The average Bonchev–Trinajstić information content (AvgIpc) is 3.34. The number of fused-ring (bicyclic) bond motifs is 4. The van der Waals surface area contributed by atoms with Gasteiger partial charge in [-0.15, -0.1) is 0 Å². The SMILES string of the molecule is C1=C[C@H]2CCC1C2.CCN1CCC2(CCc3ccccc32)CC1. The number of hydrogen-bond acceptors (Lipinski definition) is 1. The number of aryl methyl sites for hydroxylation is 1. The Morgan fingerprint density at radius 1 is 1.00 bits per heavy atom. The first-order valence-corrected chi connectivity index (χ1v) is 9.78. The second-order valence-electron chi connectivity index (χ2n) is 8.09. The summed E-state index contributed by atoms with van der Waals surface area (Å²) < 4.78 is 0. The zero-order chi connectivity index (χ0) is 15.7. The lowest BCUT2D eigenvalue weighted by atomic mass is 9.74. The molecule has 1 aliphatic heterocycles. The number of likely N-dealkylation sites (tertiary alicyclic amines) is 1. The molecule has 1 heterocycles. The molecule has 5 rings (SSSR count). The van der Waals surface area contributed by atoms with Gasteiger partial charge in [-0.25, -0.2) is 0 Å². The van der Waals surface area contributed by atoms with Crippen LogP contribution in [-0.4, -0.2) is 24.5 Å². The number of nitrogens with zero attached hydrogens (tertiary/aromatic N) is 1. The molecule has 0 N–H and O–H groups in total. The summed E-state index contributed by atoms with van der Waals surface area (Å²) in [5.41, 5.74) is 3.83. The highest BCUT2D eigenvalue weighted by atomic mass is 15.1. The molecular formula is C22H31N. The smallest absolute Gasteiger partial charge is 0.00103 e. The Bertz CT molecular complexity index is 553. The highest BCUT2D eigenvalue weighted by Crippen LogP contribution is 2.46. The first kappa shape index (κ1) is 15.4. The van der Waals surface area contributed by atoms with Crippen molar-refractivity contribution in [2.75, 3.05) is 19.6 Å². The average molecular weight is 309 g/mol. The summed E-state index contributed by atoms with van der Waals surface area (Å²) in [6.45, 7) is 6.09. The molecule has 1 aromatic rings. The van der Waals surface area contributed by atoms with E-state index in [2.05, 4.69) is 48.2 Å². The van der Waals surface area contributed by atoms with Gasteiger partial charge in [-0.05, 0) is 93.0 Å². The van der Waals surface area contributed by atoms with Crippen molar-refractivity contribution in [2.24, 2.45) is 11.8 Å². The van der Waals surface area contributed by atoms with Crippen molar-refractivity contribution in [1.29, 1.82) is 0 Å². The molecule has 0 radical (unpaired) electrons. The van der Waals surface area contributed by atoms with E-state index in [4.69, 9.17) is 0 Å². The van der Waals surface area contributed by atoms with Crippen molar-refractivity contribution < 1.29 is 0 Å². The summed E-state index contributed by atoms with van der Waals surface area (Å²) in [7, 11) is 0. The summed E-state index contributed by atoms with van der Waals surface area (Å²) in [5, 5.41) is 0. The van der Waals surface area contributed by atoms with E-state index in [-0.39, 0.29) is 0 Å². The fraction of sp³-hybridized carbons (Fsp3) is 0.636. The fourth-order valence-electron chi connectivity index (χ4n) is 5.30. The Balaban J connectivity index is 0.000000160. The molecular weight excluding hydrogens is 278 g/mol. The summed E-state index contributed by atoms with van der Waals surface area (Å²) >= 11 is 0. The topological polar surface area (TPSA) is 3.24 Å². The largest absolute Gasteiger partial charge is 0.304 e. The Kier molecular flexibility index (Phi) is 4.32. The molecule has 4 aliphatic rings. The molecule has 1 saturated heterocycles. The van der Waals surface area contributed by atoms with E-state index in [1.807, 2.05) is 0 Å². The van der Waals surface area contributed by atoms with Crippen LogP contribution in [-0.2, 0) is 11.8 Å². The van der Waals surface area contributed by atoms with Gasteiger partial charge < -0.3 is 4.90 Å². The van der Waals surface area contributed by atoms with E-state index < -0.39 is 0 Å². The molecule has 1 heteroatoms. The minimum absolute atomic E-state index is 0.544. The molecule has 2 fully saturated rings. The van der Waals surface area contributed by atoms with E-state index in [1.54, 1.807) is 11.1 Å². The van der Waals surface area contributed by atoms with Crippen LogP contribution in [0.5, 0.6) is 0 Å². The highest BCUT2D eigenvalue weighted by molar-refractivity contribution is 5.39. The van der Waals surface area contributed by atoms with E-state index in [1.165, 1.54) is 64.6 Å². The van der Waals surface area contributed by atoms with Crippen LogP contribution in [0.25, 0.3) is 0 Å². The summed E-state index contributed by atoms with van der Waals surface area (Å²) in [4.78, 5) is 2.59. The van der Waals surface area contributed by atoms with Crippen molar-refractivity contribution in [3.63, 3.8) is 0 Å². The molecule has 2 bridgehead atoms. The number of benzene rings is 1.